The molecule has 0 aliphatic heterocycles. The highest BCUT2D eigenvalue weighted by atomic mass is 16.7. The molecule has 2 rings (SSSR count). The van der Waals surface area contributed by atoms with Crippen molar-refractivity contribution in [3.8, 4) is 23.1 Å². The van der Waals surface area contributed by atoms with E-state index in [0.717, 1.165) is 5.56 Å². The first-order chi connectivity index (χ1) is 9.26. The van der Waals surface area contributed by atoms with Crippen LogP contribution in [0.5, 0.6) is 5.75 Å². The third-order valence-corrected chi connectivity index (χ3v) is 2.70. The van der Waals surface area contributed by atoms with Crippen molar-refractivity contribution in [1.82, 2.24) is 4.98 Å². The third-order valence-electron chi connectivity index (χ3n) is 2.70. The second-order valence-electron chi connectivity index (χ2n) is 3.93. The van der Waals surface area contributed by atoms with Gasteiger partial charge in [0.2, 0.25) is 0 Å². The highest BCUT2D eigenvalue weighted by Crippen LogP contribution is 2.28. The number of pyridine rings is 1. The van der Waals surface area contributed by atoms with Crippen molar-refractivity contribution in [2.75, 3.05) is 7.11 Å². The van der Waals surface area contributed by atoms with E-state index in [1.54, 1.807) is 26.3 Å². The maximum atomic E-state index is 9.34. The predicted octanol–water partition coefficient (Wildman–Crippen LogP) is 2.99. The number of rotatable bonds is 4. The summed E-state index contributed by atoms with van der Waals surface area (Å²) in [6.45, 7) is 1.77. The number of aromatic nitrogens is 1. The van der Waals surface area contributed by atoms with Crippen LogP contribution in [0.1, 0.15) is 12.5 Å². The molecule has 0 radical (unpaired) electrons. The Morgan fingerprint density at radius 2 is 1.95 bits per heavy atom. The normalized spacial score (nSPS) is 11.6. The molecule has 4 nitrogen and oxygen atoms in total. The Kier molecular flexibility index (Phi) is 4.11. The van der Waals surface area contributed by atoms with Crippen molar-refractivity contribution >= 4 is 0 Å². The quantitative estimate of drug-likeness (QED) is 0.787. The summed E-state index contributed by atoms with van der Waals surface area (Å²) in [5.74, 6) is 0.478. The van der Waals surface area contributed by atoms with Crippen LogP contribution in [0.4, 0.5) is 0 Å². The molecule has 1 heterocycles. The highest BCUT2D eigenvalue weighted by molar-refractivity contribution is 5.69. The maximum absolute atomic E-state index is 9.34. The van der Waals surface area contributed by atoms with E-state index < -0.39 is 6.29 Å². The molecule has 0 fully saturated rings. The lowest BCUT2D eigenvalue weighted by atomic mass is 10.1. The zero-order chi connectivity index (χ0) is 13.7. The number of benzene rings is 1. The Hall–Kier alpha value is -2.38. The highest BCUT2D eigenvalue weighted by Gasteiger charge is 2.14. The van der Waals surface area contributed by atoms with Gasteiger partial charge in [0.15, 0.2) is 6.29 Å². The van der Waals surface area contributed by atoms with Crippen LogP contribution in [0.25, 0.3) is 11.3 Å². The fourth-order valence-electron chi connectivity index (χ4n) is 1.69. The molecule has 1 aromatic carbocycles. The van der Waals surface area contributed by atoms with Crippen molar-refractivity contribution in [1.29, 1.82) is 5.26 Å². The van der Waals surface area contributed by atoms with E-state index >= 15 is 0 Å². The summed E-state index contributed by atoms with van der Waals surface area (Å²) in [5, 5.41) is 9.34. The van der Waals surface area contributed by atoms with E-state index in [1.807, 2.05) is 30.3 Å². The summed E-state index contributed by atoms with van der Waals surface area (Å²) in [4.78, 5) is 4.27. The molecule has 1 unspecified atom stereocenters. The Labute approximate surface area is 112 Å². The van der Waals surface area contributed by atoms with E-state index in [9.17, 15) is 5.26 Å². The van der Waals surface area contributed by atoms with Gasteiger partial charge in [-0.15, -0.1) is 0 Å². The number of ether oxygens (including phenoxy) is 2. The van der Waals surface area contributed by atoms with Crippen LogP contribution < -0.4 is 4.74 Å². The van der Waals surface area contributed by atoms with E-state index in [-0.39, 0.29) is 0 Å². The molecule has 2 aromatic rings. The van der Waals surface area contributed by atoms with Crippen LogP contribution in [0.3, 0.4) is 0 Å². The van der Waals surface area contributed by atoms with Crippen LogP contribution in [-0.4, -0.2) is 18.4 Å². The van der Waals surface area contributed by atoms with Crippen molar-refractivity contribution in [3.63, 3.8) is 0 Å². The molecule has 0 saturated carbocycles. The molecular formula is C15H14N2O2. The summed E-state index contributed by atoms with van der Waals surface area (Å²) in [5.41, 5.74) is 1.91. The molecule has 0 aliphatic rings. The van der Waals surface area contributed by atoms with Gasteiger partial charge < -0.3 is 9.47 Å². The largest absolute Gasteiger partial charge is 0.464 e. The van der Waals surface area contributed by atoms with Gasteiger partial charge in [0.1, 0.15) is 17.4 Å². The zero-order valence-corrected chi connectivity index (χ0v) is 10.8. The number of methoxy groups -OCH3 is 1. The van der Waals surface area contributed by atoms with Crippen LogP contribution in [0.15, 0.2) is 42.6 Å². The number of hydrogen-bond acceptors (Lipinski definition) is 4. The lowest BCUT2D eigenvalue weighted by molar-refractivity contribution is -0.0384. The lowest BCUT2D eigenvalue weighted by Crippen LogP contribution is -2.14. The molecule has 19 heavy (non-hydrogen) atoms. The monoisotopic (exact) mass is 254 g/mol. The Morgan fingerprint density at radius 3 is 2.58 bits per heavy atom. The summed E-state index contributed by atoms with van der Waals surface area (Å²) in [7, 11) is 1.55. The van der Waals surface area contributed by atoms with E-state index in [1.165, 1.54) is 0 Å². The van der Waals surface area contributed by atoms with Crippen molar-refractivity contribution in [2.24, 2.45) is 0 Å². The summed E-state index contributed by atoms with van der Waals surface area (Å²) in [6, 6.07) is 13.4. The van der Waals surface area contributed by atoms with Gasteiger partial charge in [-0.1, -0.05) is 30.3 Å². The average Bonchev–Trinajstić information content (AvgIpc) is 2.47. The van der Waals surface area contributed by atoms with Gasteiger partial charge in [0, 0.05) is 24.9 Å². The molecule has 0 spiro atoms. The first-order valence-corrected chi connectivity index (χ1v) is 5.90. The molecule has 0 saturated heterocycles. The molecule has 1 atom stereocenters. The minimum Gasteiger partial charge on any atom is -0.464 e. The van der Waals surface area contributed by atoms with Crippen LogP contribution in [-0.2, 0) is 4.74 Å². The minimum absolute atomic E-state index is 0.414. The van der Waals surface area contributed by atoms with Crippen molar-refractivity contribution in [2.45, 2.75) is 13.2 Å². The fraction of sp³-hybridized carbons (Fsp3) is 0.200. The molecule has 0 aliphatic carbocycles. The average molecular weight is 254 g/mol. The minimum atomic E-state index is -0.418. The molecule has 1 aromatic heterocycles. The molecule has 0 bridgehead atoms. The third kappa shape index (κ3) is 2.90. The first-order valence-electron chi connectivity index (χ1n) is 5.90. The maximum Gasteiger partial charge on any atom is 0.196 e. The first kappa shape index (κ1) is 13.1. The number of hydrogen-bond donors (Lipinski definition) is 0. The molecule has 4 heteroatoms. The fourth-order valence-corrected chi connectivity index (χ4v) is 1.69. The number of nitrogens with zero attached hydrogens (tertiary/aromatic N) is 2. The van der Waals surface area contributed by atoms with E-state index in [4.69, 9.17) is 9.47 Å². The predicted molar refractivity (Wildman–Crippen MR) is 71.5 cm³/mol. The zero-order valence-electron chi connectivity index (χ0n) is 10.8. The van der Waals surface area contributed by atoms with E-state index in [0.29, 0.717) is 17.0 Å². The van der Waals surface area contributed by atoms with Gasteiger partial charge in [0.05, 0.1) is 5.69 Å². The van der Waals surface area contributed by atoms with Gasteiger partial charge in [-0.3, -0.25) is 4.98 Å². The van der Waals surface area contributed by atoms with Gasteiger partial charge in [-0.2, -0.15) is 5.26 Å². The van der Waals surface area contributed by atoms with Gasteiger partial charge in [-0.05, 0) is 6.92 Å². The summed E-state index contributed by atoms with van der Waals surface area (Å²) < 4.78 is 10.6. The van der Waals surface area contributed by atoms with Crippen LogP contribution in [0, 0.1) is 11.3 Å². The molecule has 0 amide bonds. The molecule has 96 valence electrons. The standard InChI is InChI=1S/C15H14N2O2/c1-11(18-2)19-14-8-9-17-15(13(14)10-16)12-6-4-3-5-7-12/h3-9,11H,1-2H3. The Balaban J connectivity index is 2.46. The SMILES string of the molecule is COC(C)Oc1ccnc(-c2ccccc2)c1C#N. The number of nitriles is 1. The Bertz CT molecular complexity index is 591. The topological polar surface area (TPSA) is 55.1 Å². The van der Waals surface area contributed by atoms with Gasteiger partial charge in [-0.25, -0.2) is 0 Å². The van der Waals surface area contributed by atoms with Gasteiger partial charge in [0.25, 0.3) is 0 Å². The van der Waals surface area contributed by atoms with Crippen molar-refractivity contribution < 1.29 is 9.47 Å². The molecular weight excluding hydrogens is 240 g/mol. The smallest absolute Gasteiger partial charge is 0.196 e. The lowest BCUT2D eigenvalue weighted by Gasteiger charge is -2.15. The second kappa shape index (κ2) is 5.98. The summed E-state index contributed by atoms with van der Waals surface area (Å²) >= 11 is 0. The van der Waals surface area contributed by atoms with E-state index in [2.05, 4.69) is 11.1 Å². The van der Waals surface area contributed by atoms with Crippen LogP contribution >= 0.6 is 0 Å². The van der Waals surface area contributed by atoms with Crippen LogP contribution in [0.2, 0.25) is 0 Å². The van der Waals surface area contributed by atoms with Gasteiger partial charge >= 0.3 is 0 Å². The second-order valence-corrected chi connectivity index (χ2v) is 3.93. The molecule has 0 N–H and O–H groups in total. The Morgan fingerprint density at radius 1 is 1.21 bits per heavy atom. The van der Waals surface area contributed by atoms with Crippen molar-refractivity contribution in [3.05, 3.63) is 48.2 Å². The summed E-state index contributed by atoms with van der Waals surface area (Å²) in [6.07, 6.45) is 1.21.